The maximum atomic E-state index is 13.0. The van der Waals surface area contributed by atoms with Crippen molar-refractivity contribution in [2.75, 3.05) is 4.72 Å². The van der Waals surface area contributed by atoms with Crippen molar-refractivity contribution in [1.82, 2.24) is 4.98 Å². The molecule has 1 aromatic carbocycles. The highest BCUT2D eigenvalue weighted by Crippen LogP contribution is 2.17. The molecular formula is C12H11F2N3O2S. The van der Waals surface area contributed by atoms with E-state index >= 15 is 0 Å². The van der Waals surface area contributed by atoms with E-state index < -0.39 is 21.7 Å². The number of nitrogens with one attached hydrogen (secondary N) is 1. The Labute approximate surface area is 114 Å². The van der Waals surface area contributed by atoms with Crippen molar-refractivity contribution < 1.29 is 17.2 Å². The molecule has 20 heavy (non-hydrogen) atoms. The molecule has 0 aliphatic heterocycles. The second-order valence-electron chi connectivity index (χ2n) is 3.97. The molecular weight excluding hydrogens is 288 g/mol. The third-order valence-electron chi connectivity index (χ3n) is 2.42. The molecule has 0 aliphatic carbocycles. The van der Waals surface area contributed by atoms with Gasteiger partial charge >= 0.3 is 0 Å². The summed E-state index contributed by atoms with van der Waals surface area (Å²) in [6, 6.07) is 5.16. The smallest absolute Gasteiger partial charge is 0.279 e. The second-order valence-corrected chi connectivity index (χ2v) is 5.60. The molecule has 0 saturated heterocycles. The molecule has 1 aromatic heterocycles. The van der Waals surface area contributed by atoms with Gasteiger partial charge in [-0.3, -0.25) is 4.72 Å². The molecule has 8 heteroatoms. The van der Waals surface area contributed by atoms with Crippen molar-refractivity contribution in [1.29, 1.82) is 0 Å². The number of rotatable bonds is 4. The lowest BCUT2D eigenvalue weighted by molar-refractivity contribution is 0.584. The van der Waals surface area contributed by atoms with Crippen LogP contribution in [0.2, 0.25) is 0 Å². The minimum atomic E-state index is -4.01. The molecule has 1 heterocycles. The van der Waals surface area contributed by atoms with Crippen molar-refractivity contribution in [3.63, 3.8) is 0 Å². The lowest BCUT2D eigenvalue weighted by Crippen LogP contribution is -2.15. The summed E-state index contributed by atoms with van der Waals surface area (Å²) in [7, 11) is -4.01. The fraction of sp³-hybridized carbons (Fsp3) is 0.0833. The zero-order chi connectivity index (χ0) is 14.8. The van der Waals surface area contributed by atoms with Gasteiger partial charge in [0.15, 0.2) is 5.03 Å². The van der Waals surface area contributed by atoms with E-state index in [0.717, 1.165) is 12.1 Å². The minimum Gasteiger partial charge on any atom is -0.326 e. The summed E-state index contributed by atoms with van der Waals surface area (Å²) in [5, 5.41) is -0.264. The van der Waals surface area contributed by atoms with Gasteiger partial charge in [-0.25, -0.2) is 13.8 Å². The van der Waals surface area contributed by atoms with Crippen LogP contribution in [0.4, 0.5) is 14.5 Å². The molecule has 0 radical (unpaired) electrons. The summed E-state index contributed by atoms with van der Waals surface area (Å²) in [6.45, 7) is 0.232. The molecule has 0 saturated carbocycles. The van der Waals surface area contributed by atoms with Crippen molar-refractivity contribution >= 4 is 15.7 Å². The van der Waals surface area contributed by atoms with Gasteiger partial charge < -0.3 is 5.73 Å². The van der Waals surface area contributed by atoms with E-state index in [9.17, 15) is 17.2 Å². The van der Waals surface area contributed by atoms with E-state index in [1.165, 1.54) is 18.3 Å². The Balaban J connectivity index is 2.30. The van der Waals surface area contributed by atoms with E-state index in [1.54, 1.807) is 0 Å². The minimum absolute atomic E-state index is 0.216. The molecule has 2 aromatic rings. The Morgan fingerprint density at radius 3 is 2.30 bits per heavy atom. The molecule has 0 fully saturated rings. The van der Waals surface area contributed by atoms with Gasteiger partial charge in [-0.15, -0.1) is 0 Å². The third kappa shape index (κ3) is 3.28. The highest BCUT2D eigenvalue weighted by Gasteiger charge is 2.16. The van der Waals surface area contributed by atoms with Gasteiger partial charge in [0.2, 0.25) is 0 Å². The number of halogens is 2. The Hall–Kier alpha value is -2.06. The molecule has 2 rings (SSSR count). The van der Waals surface area contributed by atoms with Gasteiger partial charge in [-0.05, 0) is 23.8 Å². The maximum Gasteiger partial charge on any atom is 0.279 e. The molecule has 0 aliphatic rings. The first kappa shape index (κ1) is 14.4. The van der Waals surface area contributed by atoms with Gasteiger partial charge in [0, 0.05) is 18.8 Å². The first-order valence-electron chi connectivity index (χ1n) is 5.54. The number of hydrogen-bond donors (Lipinski definition) is 2. The summed E-state index contributed by atoms with van der Waals surface area (Å²) in [6.07, 6.45) is 1.32. The topological polar surface area (TPSA) is 85.1 Å². The fourth-order valence-corrected chi connectivity index (χ4v) is 2.48. The van der Waals surface area contributed by atoms with Crippen molar-refractivity contribution in [2.45, 2.75) is 11.6 Å². The molecule has 3 N–H and O–H groups in total. The first-order chi connectivity index (χ1) is 9.40. The zero-order valence-corrected chi connectivity index (χ0v) is 11.0. The Bertz CT molecular complexity index is 698. The fourth-order valence-electron chi connectivity index (χ4n) is 1.51. The normalized spacial score (nSPS) is 11.3. The molecule has 0 atom stereocenters. The number of nitrogens with zero attached hydrogens (tertiary/aromatic N) is 1. The standard InChI is InChI=1S/C12H11F2N3O2S/c13-9-3-10(14)5-11(4-9)17-20(18,19)12-2-1-8(6-15)7-16-12/h1-5,7,17H,6,15H2. The van der Waals surface area contributed by atoms with Gasteiger partial charge in [0.1, 0.15) is 11.6 Å². The number of anilines is 1. The third-order valence-corrected chi connectivity index (χ3v) is 3.72. The van der Waals surface area contributed by atoms with Crippen molar-refractivity contribution in [2.24, 2.45) is 5.73 Å². The monoisotopic (exact) mass is 299 g/mol. The second kappa shape index (κ2) is 5.51. The van der Waals surface area contributed by atoms with Crippen LogP contribution in [-0.4, -0.2) is 13.4 Å². The van der Waals surface area contributed by atoms with Gasteiger partial charge in [0.25, 0.3) is 10.0 Å². The maximum absolute atomic E-state index is 13.0. The summed E-state index contributed by atoms with van der Waals surface area (Å²) in [5.41, 5.74) is 5.83. The number of nitrogens with two attached hydrogens (primary N) is 1. The van der Waals surface area contributed by atoms with Crippen LogP contribution < -0.4 is 10.5 Å². The van der Waals surface area contributed by atoms with Crippen LogP contribution in [0.5, 0.6) is 0 Å². The van der Waals surface area contributed by atoms with E-state index in [-0.39, 0.29) is 17.3 Å². The Morgan fingerprint density at radius 2 is 1.80 bits per heavy atom. The van der Waals surface area contributed by atoms with Crippen LogP contribution >= 0.6 is 0 Å². The van der Waals surface area contributed by atoms with E-state index in [4.69, 9.17) is 5.73 Å². The Kier molecular flexibility index (Phi) is 3.96. The largest absolute Gasteiger partial charge is 0.326 e. The molecule has 0 unspecified atom stereocenters. The van der Waals surface area contributed by atoms with Gasteiger partial charge in [0.05, 0.1) is 5.69 Å². The number of hydrogen-bond acceptors (Lipinski definition) is 4. The van der Waals surface area contributed by atoms with Crippen LogP contribution in [0.1, 0.15) is 5.56 Å². The van der Waals surface area contributed by atoms with E-state index in [0.29, 0.717) is 11.6 Å². The highest BCUT2D eigenvalue weighted by atomic mass is 32.2. The first-order valence-corrected chi connectivity index (χ1v) is 7.03. The highest BCUT2D eigenvalue weighted by molar-refractivity contribution is 7.92. The Morgan fingerprint density at radius 1 is 1.15 bits per heavy atom. The van der Waals surface area contributed by atoms with Crippen LogP contribution in [0.3, 0.4) is 0 Å². The van der Waals surface area contributed by atoms with Crippen LogP contribution in [-0.2, 0) is 16.6 Å². The van der Waals surface area contributed by atoms with Crippen molar-refractivity contribution in [3.8, 4) is 0 Å². The predicted octanol–water partition coefficient (Wildman–Crippen LogP) is 1.62. The van der Waals surface area contributed by atoms with Crippen molar-refractivity contribution in [3.05, 3.63) is 53.7 Å². The van der Waals surface area contributed by atoms with Crippen LogP contribution in [0.15, 0.2) is 41.6 Å². The van der Waals surface area contributed by atoms with E-state index in [2.05, 4.69) is 9.71 Å². The summed E-state index contributed by atoms with van der Waals surface area (Å²) >= 11 is 0. The summed E-state index contributed by atoms with van der Waals surface area (Å²) < 4.78 is 52.0. The zero-order valence-electron chi connectivity index (χ0n) is 10.2. The molecule has 106 valence electrons. The van der Waals surface area contributed by atoms with Crippen LogP contribution in [0.25, 0.3) is 0 Å². The predicted molar refractivity (Wildman–Crippen MR) is 69.3 cm³/mol. The lowest BCUT2D eigenvalue weighted by Gasteiger charge is -2.08. The molecule has 5 nitrogen and oxygen atoms in total. The molecule has 0 bridgehead atoms. The summed E-state index contributed by atoms with van der Waals surface area (Å²) in [5.74, 6) is -1.76. The van der Waals surface area contributed by atoms with Crippen LogP contribution in [0, 0.1) is 11.6 Å². The number of sulfonamides is 1. The number of benzene rings is 1. The van der Waals surface area contributed by atoms with Gasteiger partial charge in [-0.1, -0.05) is 6.07 Å². The molecule has 0 spiro atoms. The van der Waals surface area contributed by atoms with E-state index in [1.807, 2.05) is 0 Å². The quantitative estimate of drug-likeness (QED) is 0.898. The SMILES string of the molecule is NCc1ccc(S(=O)(=O)Nc2cc(F)cc(F)c2)nc1. The average molecular weight is 299 g/mol. The average Bonchev–Trinajstić information content (AvgIpc) is 2.37. The summed E-state index contributed by atoms with van der Waals surface area (Å²) in [4.78, 5) is 3.74. The number of aromatic nitrogens is 1. The van der Waals surface area contributed by atoms with Gasteiger partial charge in [-0.2, -0.15) is 8.42 Å². The lowest BCUT2D eigenvalue weighted by atomic mass is 10.3. The number of pyridine rings is 1. The molecule has 0 amide bonds.